The molecule has 0 aromatic carbocycles. The lowest BCUT2D eigenvalue weighted by Crippen LogP contribution is -1.89. The summed E-state index contributed by atoms with van der Waals surface area (Å²) in [4.78, 5) is 3.98. The van der Waals surface area contributed by atoms with Gasteiger partial charge in [-0.1, -0.05) is 0 Å². The van der Waals surface area contributed by atoms with Gasteiger partial charge in [-0.25, -0.2) is 5.53 Å². The second-order valence-electron chi connectivity index (χ2n) is 1.77. The van der Waals surface area contributed by atoms with E-state index in [9.17, 15) is 0 Å². The highest BCUT2D eigenvalue weighted by Crippen LogP contribution is 1.81. The Labute approximate surface area is 49.3 Å². The van der Waals surface area contributed by atoms with E-state index in [4.69, 9.17) is 5.53 Å². The fourth-order valence-electron chi connectivity index (χ4n) is 0.299. The molecule has 0 radical (unpaired) electrons. The van der Waals surface area contributed by atoms with E-state index in [2.05, 4.69) is 10.1 Å². The fourth-order valence-corrected chi connectivity index (χ4v) is 0.299. The van der Waals surface area contributed by atoms with Gasteiger partial charge in [-0.3, -0.25) is 4.99 Å². The van der Waals surface area contributed by atoms with Gasteiger partial charge in [-0.05, 0) is 13.8 Å². The molecule has 3 nitrogen and oxygen atoms in total. The number of nitrogens with zero attached hydrogens (tertiary/aromatic N) is 2. The van der Waals surface area contributed by atoms with Crippen molar-refractivity contribution < 1.29 is 0 Å². The predicted octanol–water partition coefficient (Wildman–Crippen LogP) is 1.50. The first kappa shape index (κ1) is 7.27. The molecule has 0 saturated heterocycles. The molecule has 0 saturated carbocycles. The molecule has 0 amide bonds. The summed E-state index contributed by atoms with van der Waals surface area (Å²) in [5, 5.41) is 3.11. The van der Waals surface area contributed by atoms with Crippen LogP contribution in [0.3, 0.4) is 0 Å². The minimum absolute atomic E-state index is 0.330. The summed E-state index contributed by atoms with van der Waals surface area (Å²) < 4.78 is 0. The second-order valence-corrected chi connectivity index (χ2v) is 1.77. The van der Waals surface area contributed by atoms with E-state index in [-0.39, 0.29) is 0 Å². The van der Waals surface area contributed by atoms with Crippen LogP contribution in [0.1, 0.15) is 13.8 Å². The van der Waals surface area contributed by atoms with Gasteiger partial charge >= 0.3 is 0 Å². The second kappa shape index (κ2) is 4.43. The molecule has 0 rings (SSSR count). The Kier molecular flexibility index (Phi) is 4.03. The van der Waals surface area contributed by atoms with Crippen molar-refractivity contribution in [1.29, 1.82) is 5.53 Å². The molecule has 0 aromatic heterocycles. The van der Waals surface area contributed by atoms with Crippen LogP contribution in [0.15, 0.2) is 10.1 Å². The Balaban J connectivity index is 3.19. The van der Waals surface area contributed by atoms with Crippen molar-refractivity contribution in [2.45, 2.75) is 19.9 Å². The molecule has 0 unspecified atom stereocenters. The number of aliphatic imine (C=N–C) groups is 1. The van der Waals surface area contributed by atoms with Crippen LogP contribution in [0.2, 0.25) is 0 Å². The molecular formula is C5H11N3. The first-order valence-electron chi connectivity index (χ1n) is 2.62. The fraction of sp³-hybridized carbons (Fsp3) is 0.800. The van der Waals surface area contributed by atoms with Gasteiger partial charge in [0.1, 0.15) is 0 Å². The smallest absolute Gasteiger partial charge is 0.0944 e. The Morgan fingerprint density at radius 3 is 2.62 bits per heavy atom. The molecule has 0 atom stereocenters. The van der Waals surface area contributed by atoms with Gasteiger partial charge in [-0.15, -0.1) is 0 Å². The summed E-state index contributed by atoms with van der Waals surface area (Å²) in [6, 6.07) is 0.330. The molecule has 0 aliphatic heterocycles. The maximum atomic E-state index is 6.38. The zero-order chi connectivity index (χ0) is 6.41. The first-order valence-corrected chi connectivity index (χ1v) is 2.62. The molecule has 46 valence electrons. The molecule has 0 aromatic rings. The maximum Gasteiger partial charge on any atom is 0.0944 e. The summed E-state index contributed by atoms with van der Waals surface area (Å²) in [5.41, 5.74) is 6.38. The van der Waals surface area contributed by atoms with Crippen LogP contribution in [0, 0.1) is 5.53 Å². The summed E-state index contributed by atoms with van der Waals surface area (Å²) in [6.45, 7) is 4.39. The average molecular weight is 113 g/mol. The molecule has 0 spiro atoms. The van der Waals surface area contributed by atoms with Gasteiger partial charge in [-0.2, -0.15) is 5.11 Å². The number of nitrogens with one attached hydrogen (secondary N) is 1. The van der Waals surface area contributed by atoms with Crippen LogP contribution in [0.4, 0.5) is 0 Å². The van der Waals surface area contributed by atoms with E-state index in [0.717, 1.165) is 0 Å². The molecule has 1 N–H and O–H groups in total. The van der Waals surface area contributed by atoms with Gasteiger partial charge in [0.2, 0.25) is 0 Å². The van der Waals surface area contributed by atoms with Crippen LogP contribution < -0.4 is 0 Å². The molecule has 0 fully saturated rings. The van der Waals surface area contributed by atoms with Crippen molar-refractivity contribution in [3.05, 3.63) is 0 Å². The molecule has 0 bridgehead atoms. The Morgan fingerprint density at radius 2 is 2.25 bits per heavy atom. The molecule has 0 aliphatic carbocycles. The topological polar surface area (TPSA) is 48.6 Å². The van der Waals surface area contributed by atoms with E-state index in [1.54, 1.807) is 6.21 Å². The third-order valence-electron chi connectivity index (χ3n) is 0.576. The highest BCUT2D eigenvalue weighted by Gasteiger charge is 1.80. The third kappa shape index (κ3) is 5.27. The van der Waals surface area contributed by atoms with E-state index >= 15 is 0 Å². The summed E-state index contributed by atoms with van der Waals surface area (Å²) in [6.07, 6.45) is 1.65. The highest BCUT2D eigenvalue weighted by atomic mass is 15.0. The van der Waals surface area contributed by atoms with Crippen molar-refractivity contribution in [2.75, 3.05) is 6.54 Å². The molecule has 0 aliphatic rings. The summed E-state index contributed by atoms with van der Waals surface area (Å²) in [5.74, 6) is 0. The summed E-state index contributed by atoms with van der Waals surface area (Å²) >= 11 is 0. The SMILES string of the molecule is CC(C)N=CCN=N. The zero-order valence-electron chi connectivity index (χ0n) is 5.26. The van der Waals surface area contributed by atoms with Gasteiger partial charge < -0.3 is 0 Å². The lowest BCUT2D eigenvalue weighted by molar-refractivity contribution is 0.836. The van der Waals surface area contributed by atoms with Crippen molar-refractivity contribution in [1.82, 2.24) is 0 Å². The molecule has 8 heavy (non-hydrogen) atoms. The lowest BCUT2D eigenvalue weighted by Gasteiger charge is -1.89. The van der Waals surface area contributed by atoms with Crippen molar-refractivity contribution >= 4 is 6.21 Å². The molecular weight excluding hydrogens is 102 g/mol. The maximum absolute atomic E-state index is 6.38. The molecule has 0 heterocycles. The highest BCUT2D eigenvalue weighted by molar-refractivity contribution is 5.59. The lowest BCUT2D eigenvalue weighted by atomic mass is 10.4. The van der Waals surface area contributed by atoms with Crippen LogP contribution in [0.5, 0.6) is 0 Å². The van der Waals surface area contributed by atoms with Crippen LogP contribution in [0.25, 0.3) is 0 Å². The zero-order valence-corrected chi connectivity index (χ0v) is 5.26. The van der Waals surface area contributed by atoms with Gasteiger partial charge in [0.15, 0.2) is 0 Å². The van der Waals surface area contributed by atoms with E-state index < -0.39 is 0 Å². The summed E-state index contributed by atoms with van der Waals surface area (Å²) in [7, 11) is 0. The normalized spacial score (nSPS) is 10.9. The van der Waals surface area contributed by atoms with Gasteiger partial charge in [0, 0.05) is 12.3 Å². The van der Waals surface area contributed by atoms with Crippen LogP contribution in [-0.2, 0) is 0 Å². The monoisotopic (exact) mass is 113 g/mol. The van der Waals surface area contributed by atoms with E-state index in [1.165, 1.54) is 0 Å². The Morgan fingerprint density at radius 1 is 1.62 bits per heavy atom. The minimum Gasteiger partial charge on any atom is -0.293 e. The molecule has 3 heteroatoms. The predicted molar refractivity (Wildman–Crippen MR) is 33.6 cm³/mol. The van der Waals surface area contributed by atoms with E-state index in [0.29, 0.717) is 12.6 Å². The number of hydrogen-bond acceptors (Lipinski definition) is 3. The van der Waals surface area contributed by atoms with Crippen molar-refractivity contribution in [2.24, 2.45) is 10.1 Å². The van der Waals surface area contributed by atoms with Crippen LogP contribution >= 0.6 is 0 Å². The standard InChI is InChI=1S/C5H11N3/c1-5(2)7-3-4-8-6/h3,5-6H,4H2,1-2H3. The van der Waals surface area contributed by atoms with Crippen LogP contribution in [-0.4, -0.2) is 18.8 Å². The Bertz CT molecular complexity index is 85.7. The average Bonchev–Trinajstić information content (AvgIpc) is 1.66. The largest absolute Gasteiger partial charge is 0.293 e. The van der Waals surface area contributed by atoms with Crippen molar-refractivity contribution in [3.63, 3.8) is 0 Å². The quantitative estimate of drug-likeness (QED) is 0.426. The van der Waals surface area contributed by atoms with Gasteiger partial charge in [0.05, 0.1) is 6.54 Å². The van der Waals surface area contributed by atoms with Crippen molar-refractivity contribution in [3.8, 4) is 0 Å². The van der Waals surface area contributed by atoms with E-state index in [1.807, 2.05) is 13.8 Å². The third-order valence-corrected chi connectivity index (χ3v) is 0.576. The number of hydrogen-bond donors (Lipinski definition) is 1. The number of rotatable bonds is 3. The minimum atomic E-state index is 0.330. The first-order chi connectivity index (χ1) is 3.77. The van der Waals surface area contributed by atoms with Gasteiger partial charge in [0.25, 0.3) is 0 Å². The Hall–Kier alpha value is -0.730.